The summed E-state index contributed by atoms with van der Waals surface area (Å²) >= 11 is 1.61. The van der Waals surface area contributed by atoms with Crippen molar-refractivity contribution in [1.29, 1.82) is 0 Å². The second kappa shape index (κ2) is 7.72. The summed E-state index contributed by atoms with van der Waals surface area (Å²) in [7, 11) is 0. The lowest BCUT2D eigenvalue weighted by Gasteiger charge is -2.32. The third-order valence-electron chi connectivity index (χ3n) is 3.97. The van der Waals surface area contributed by atoms with Gasteiger partial charge in [0.05, 0.1) is 30.0 Å². The van der Waals surface area contributed by atoms with E-state index in [0.29, 0.717) is 19.1 Å². The van der Waals surface area contributed by atoms with Gasteiger partial charge in [-0.1, -0.05) is 12.1 Å². The number of benzene rings is 1. The number of para-hydroxylation sites is 1. The number of hydrogen-bond acceptors (Lipinski definition) is 5. The van der Waals surface area contributed by atoms with E-state index in [0.717, 1.165) is 41.5 Å². The van der Waals surface area contributed by atoms with Crippen LogP contribution in [0.2, 0.25) is 0 Å². The summed E-state index contributed by atoms with van der Waals surface area (Å²) in [4.78, 5) is 18.8. The Bertz CT molecular complexity index is 621. The number of thiazole rings is 1. The largest absolute Gasteiger partial charge is 0.379 e. The first-order valence-electron chi connectivity index (χ1n) is 7.90. The summed E-state index contributed by atoms with van der Waals surface area (Å²) < 4.78 is 6.48. The molecule has 3 rings (SSSR count). The van der Waals surface area contributed by atoms with Crippen LogP contribution in [0.5, 0.6) is 0 Å². The predicted octanol–water partition coefficient (Wildman–Crippen LogP) is 1.82. The minimum Gasteiger partial charge on any atom is -0.379 e. The number of rotatable bonds is 5. The van der Waals surface area contributed by atoms with E-state index >= 15 is 0 Å². The van der Waals surface area contributed by atoms with Gasteiger partial charge in [0.1, 0.15) is 5.01 Å². The van der Waals surface area contributed by atoms with Crippen molar-refractivity contribution in [3.05, 3.63) is 29.3 Å². The quantitative estimate of drug-likeness (QED) is 0.875. The molecule has 124 valence electrons. The first-order valence-corrected chi connectivity index (χ1v) is 8.72. The molecular weight excluding hydrogens is 312 g/mol. The van der Waals surface area contributed by atoms with Crippen molar-refractivity contribution in [2.75, 3.05) is 32.8 Å². The predicted molar refractivity (Wildman–Crippen MR) is 91.7 cm³/mol. The van der Waals surface area contributed by atoms with Gasteiger partial charge in [0, 0.05) is 25.7 Å². The Morgan fingerprint density at radius 3 is 2.91 bits per heavy atom. The number of carbonyl (C=O) groups excluding carboxylic acids is 1. The van der Waals surface area contributed by atoms with E-state index in [1.165, 1.54) is 0 Å². The molecule has 7 heteroatoms. The number of morpholine rings is 1. The van der Waals surface area contributed by atoms with Gasteiger partial charge in [0.15, 0.2) is 0 Å². The van der Waals surface area contributed by atoms with Crippen LogP contribution in [0.4, 0.5) is 4.79 Å². The standard InChI is InChI=1S/C16H22N4O2S/c1-12(20-6-8-22-9-7-20)10-17-16(21)18-11-15-19-13-4-2-3-5-14(13)23-15/h2-5,12H,6-11H2,1H3,(H2,17,18,21)/t12-/m0/s1. The molecule has 2 N–H and O–H groups in total. The molecule has 6 nitrogen and oxygen atoms in total. The average molecular weight is 334 g/mol. The lowest BCUT2D eigenvalue weighted by molar-refractivity contribution is 0.0209. The summed E-state index contributed by atoms with van der Waals surface area (Å²) in [5.74, 6) is 0. The van der Waals surface area contributed by atoms with Crippen LogP contribution >= 0.6 is 11.3 Å². The highest BCUT2D eigenvalue weighted by molar-refractivity contribution is 7.18. The highest BCUT2D eigenvalue weighted by Crippen LogP contribution is 2.21. The fourth-order valence-electron chi connectivity index (χ4n) is 2.60. The molecule has 1 aromatic carbocycles. The van der Waals surface area contributed by atoms with Crippen LogP contribution in [0.25, 0.3) is 10.2 Å². The Morgan fingerprint density at radius 1 is 1.35 bits per heavy atom. The smallest absolute Gasteiger partial charge is 0.315 e. The number of nitrogens with one attached hydrogen (secondary N) is 2. The Morgan fingerprint density at radius 2 is 2.13 bits per heavy atom. The van der Waals surface area contributed by atoms with Crippen LogP contribution in [0, 0.1) is 0 Å². The van der Waals surface area contributed by atoms with Gasteiger partial charge < -0.3 is 15.4 Å². The lowest BCUT2D eigenvalue weighted by Crippen LogP contribution is -2.48. The summed E-state index contributed by atoms with van der Waals surface area (Å²) in [6, 6.07) is 8.16. The third kappa shape index (κ3) is 4.40. The Balaban J connectivity index is 1.42. The average Bonchev–Trinajstić information content (AvgIpc) is 3.01. The molecule has 1 fully saturated rings. The monoisotopic (exact) mass is 334 g/mol. The first-order chi connectivity index (χ1) is 11.2. The number of hydrogen-bond donors (Lipinski definition) is 2. The summed E-state index contributed by atoms with van der Waals surface area (Å²) in [5, 5.41) is 6.72. The van der Waals surface area contributed by atoms with Crippen molar-refractivity contribution in [1.82, 2.24) is 20.5 Å². The van der Waals surface area contributed by atoms with Crippen molar-refractivity contribution in [3.63, 3.8) is 0 Å². The molecule has 1 aliphatic heterocycles. The van der Waals surface area contributed by atoms with Gasteiger partial charge in [-0.15, -0.1) is 11.3 Å². The van der Waals surface area contributed by atoms with Gasteiger partial charge >= 0.3 is 6.03 Å². The van der Waals surface area contributed by atoms with Crippen molar-refractivity contribution in [3.8, 4) is 0 Å². The molecule has 1 atom stereocenters. The molecule has 2 aromatic rings. The molecule has 0 spiro atoms. The van der Waals surface area contributed by atoms with Crippen LogP contribution in [0.15, 0.2) is 24.3 Å². The molecule has 1 aliphatic rings. The normalized spacial score (nSPS) is 17.1. The van der Waals surface area contributed by atoms with E-state index in [1.807, 2.05) is 24.3 Å². The molecule has 0 unspecified atom stereocenters. The maximum Gasteiger partial charge on any atom is 0.315 e. The van der Waals surface area contributed by atoms with E-state index < -0.39 is 0 Å². The van der Waals surface area contributed by atoms with Crippen LogP contribution in [-0.4, -0.2) is 54.8 Å². The van der Waals surface area contributed by atoms with Crippen LogP contribution in [-0.2, 0) is 11.3 Å². The van der Waals surface area contributed by atoms with E-state index in [-0.39, 0.29) is 6.03 Å². The number of ether oxygens (including phenoxy) is 1. The van der Waals surface area contributed by atoms with Gasteiger partial charge in [-0.3, -0.25) is 4.90 Å². The van der Waals surface area contributed by atoms with Crippen molar-refractivity contribution < 1.29 is 9.53 Å². The van der Waals surface area contributed by atoms with E-state index in [4.69, 9.17) is 4.74 Å². The highest BCUT2D eigenvalue weighted by Gasteiger charge is 2.17. The second-order valence-electron chi connectivity index (χ2n) is 5.64. The fourth-order valence-corrected chi connectivity index (χ4v) is 3.51. The minimum atomic E-state index is -0.149. The zero-order valence-corrected chi connectivity index (χ0v) is 14.1. The Labute approximate surface area is 139 Å². The van der Waals surface area contributed by atoms with Crippen LogP contribution in [0.3, 0.4) is 0 Å². The van der Waals surface area contributed by atoms with E-state index in [2.05, 4.69) is 27.4 Å². The Hall–Kier alpha value is -1.70. The highest BCUT2D eigenvalue weighted by atomic mass is 32.1. The topological polar surface area (TPSA) is 66.5 Å². The molecule has 0 saturated carbocycles. The maximum absolute atomic E-state index is 11.9. The molecule has 0 bridgehead atoms. The minimum absolute atomic E-state index is 0.149. The maximum atomic E-state index is 11.9. The summed E-state index contributed by atoms with van der Waals surface area (Å²) in [5.41, 5.74) is 0.982. The van der Waals surface area contributed by atoms with Gasteiger partial charge in [0.25, 0.3) is 0 Å². The van der Waals surface area contributed by atoms with Crippen molar-refractivity contribution in [2.24, 2.45) is 0 Å². The van der Waals surface area contributed by atoms with Crippen LogP contribution in [0.1, 0.15) is 11.9 Å². The number of nitrogens with zero attached hydrogens (tertiary/aromatic N) is 2. The molecule has 0 aliphatic carbocycles. The summed E-state index contributed by atoms with van der Waals surface area (Å²) in [6.45, 7) is 6.61. The summed E-state index contributed by atoms with van der Waals surface area (Å²) in [6.07, 6.45) is 0. The van der Waals surface area contributed by atoms with E-state index in [9.17, 15) is 4.79 Å². The number of carbonyl (C=O) groups is 1. The lowest BCUT2D eigenvalue weighted by atomic mass is 10.2. The number of fused-ring (bicyclic) bond motifs is 1. The third-order valence-corrected chi connectivity index (χ3v) is 5.00. The first kappa shape index (κ1) is 16.2. The zero-order chi connectivity index (χ0) is 16.1. The number of aromatic nitrogens is 1. The molecule has 1 aromatic heterocycles. The molecule has 23 heavy (non-hydrogen) atoms. The second-order valence-corrected chi connectivity index (χ2v) is 6.75. The number of amides is 2. The SMILES string of the molecule is C[C@@H](CNC(=O)NCc1nc2ccccc2s1)N1CCOCC1. The van der Waals surface area contributed by atoms with Gasteiger partial charge in [0.2, 0.25) is 0 Å². The van der Waals surface area contributed by atoms with Crippen LogP contribution < -0.4 is 10.6 Å². The van der Waals surface area contributed by atoms with Gasteiger partial charge in [-0.2, -0.15) is 0 Å². The molecule has 2 heterocycles. The van der Waals surface area contributed by atoms with Gasteiger partial charge in [-0.25, -0.2) is 9.78 Å². The molecular formula is C16H22N4O2S. The van der Waals surface area contributed by atoms with Gasteiger partial charge in [-0.05, 0) is 19.1 Å². The molecule has 1 saturated heterocycles. The van der Waals surface area contributed by atoms with Crippen molar-refractivity contribution in [2.45, 2.75) is 19.5 Å². The number of urea groups is 1. The fraction of sp³-hybridized carbons (Fsp3) is 0.500. The zero-order valence-electron chi connectivity index (χ0n) is 13.2. The van der Waals surface area contributed by atoms with Crippen molar-refractivity contribution >= 4 is 27.6 Å². The molecule has 2 amide bonds. The molecule has 0 radical (unpaired) electrons. The Kier molecular flexibility index (Phi) is 5.43. The van der Waals surface area contributed by atoms with E-state index in [1.54, 1.807) is 11.3 Å².